The Hall–Kier alpha value is -3.42. The molecule has 0 radical (unpaired) electrons. The van der Waals surface area contributed by atoms with Crippen LogP contribution in [0.5, 0.6) is 0 Å². The van der Waals surface area contributed by atoms with Crippen LogP contribution in [0.1, 0.15) is 38.1 Å². The van der Waals surface area contributed by atoms with Gasteiger partial charge >= 0.3 is 0 Å². The number of pyridine rings is 1. The first-order chi connectivity index (χ1) is 16.6. The lowest BCUT2D eigenvalue weighted by molar-refractivity contribution is 0.0937. The molecule has 0 bridgehead atoms. The van der Waals surface area contributed by atoms with Crippen molar-refractivity contribution in [1.82, 2.24) is 19.9 Å². The number of ether oxygens (including phenoxy) is 1. The van der Waals surface area contributed by atoms with Crippen LogP contribution in [-0.4, -0.2) is 40.8 Å². The number of amides is 1. The molecule has 4 rings (SSSR count). The average molecular weight is 482 g/mol. The molecule has 0 saturated heterocycles. The van der Waals surface area contributed by atoms with Gasteiger partial charge in [-0.3, -0.25) is 4.79 Å². The molecular formula is C26H32ClN5O2. The predicted molar refractivity (Wildman–Crippen MR) is 140 cm³/mol. The fraction of sp³-hybridized carbons (Fsp3) is 0.269. The Morgan fingerprint density at radius 3 is 2.38 bits per heavy atom. The van der Waals surface area contributed by atoms with E-state index in [2.05, 4.69) is 20.7 Å². The molecule has 0 aliphatic rings. The number of nitrogens with one attached hydrogen (secondary N) is 2. The van der Waals surface area contributed by atoms with E-state index in [1.54, 1.807) is 23.8 Å². The van der Waals surface area contributed by atoms with E-state index < -0.39 is 0 Å². The molecule has 2 aromatic carbocycles. The van der Waals surface area contributed by atoms with Crippen LogP contribution in [0.25, 0.3) is 16.9 Å². The first-order valence-corrected chi connectivity index (χ1v) is 11.8. The molecule has 0 aliphatic heterocycles. The Balaban J connectivity index is 0.000000970. The number of aromatic nitrogens is 3. The SMILES string of the molecule is CC.CC.COCCNC(=O)c1ccc(Nc2nc3cccc(-c4cccc(Cl)c4)n3n2)cc1. The molecule has 8 heteroatoms. The highest BCUT2D eigenvalue weighted by atomic mass is 35.5. The molecule has 180 valence electrons. The third kappa shape index (κ3) is 7.04. The molecule has 2 aromatic heterocycles. The van der Waals surface area contributed by atoms with Crippen LogP contribution < -0.4 is 10.6 Å². The number of anilines is 2. The maximum atomic E-state index is 12.1. The van der Waals surface area contributed by atoms with Gasteiger partial charge in [0.15, 0.2) is 5.65 Å². The Morgan fingerprint density at radius 1 is 1.00 bits per heavy atom. The lowest BCUT2D eigenvalue weighted by Crippen LogP contribution is -2.26. The van der Waals surface area contributed by atoms with Crippen molar-refractivity contribution < 1.29 is 9.53 Å². The van der Waals surface area contributed by atoms with Gasteiger partial charge in [0.05, 0.1) is 12.3 Å². The second kappa shape index (κ2) is 14.0. The third-order valence-electron chi connectivity index (χ3n) is 4.48. The number of fused-ring (bicyclic) bond motifs is 1. The van der Waals surface area contributed by atoms with Crippen LogP contribution in [0.15, 0.2) is 66.7 Å². The zero-order valence-electron chi connectivity index (χ0n) is 20.3. The maximum Gasteiger partial charge on any atom is 0.251 e. The van der Waals surface area contributed by atoms with Crippen molar-refractivity contribution in [3.63, 3.8) is 0 Å². The van der Waals surface area contributed by atoms with Crippen molar-refractivity contribution in [3.05, 3.63) is 77.3 Å². The predicted octanol–water partition coefficient (Wildman–Crippen LogP) is 6.22. The molecule has 0 atom stereocenters. The molecule has 34 heavy (non-hydrogen) atoms. The van der Waals surface area contributed by atoms with Crippen LogP contribution in [0, 0.1) is 0 Å². The Morgan fingerprint density at radius 2 is 1.71 bits per heavy atom. The molecule has 0 saturated carbocycles. The van der Waals surface area contributed by atoms with Crippen molar-refractivity contribution in [2.24, 2.45) is 0 Å². The lowest BCUT2D eigenvalue weighted by atomic mass is 10.1. The number of methoxy groups -OCH3 is 1. The largest absolute Gasteiger partial charge is 0.383 e. The number of hydrogen-bond acceptors (Lipinski definition) is 5. The van der Waals surface area contributed by atoms with Gasteiger partial charge < -0.3 is 15.4 Å². The summed E-state index contributed by atoms with van der Waals surface area (Å²) in [6, 6.07) is 20.5. The number of halogens is 1. The second-order valence-electron chi connectivity index (χ2n) is 6.58. The van der Waals surface area contributed by atoms with E-state index in [9.17, 15) is 4.79 Å². The zero-order chi connectivity index (χ0) is 24.9. The van der Waals surface area contributed by atoms with Crippen molar-refractivity contribution in [2.45, 2.75) is 27.7 Å². The number of carbonyl (C=O) groups excluding carboxylic acids is 1. The summed E-state index contributed by atoms with van der Waals surface area (Å²) in [6.45, 7) is 8.94. The van der Waals surface area contributed by atoms with Gasteiger partial charge in [0.25, 0.3) is 5.91 Å². The van der Waals surface area contributed by atoms with E-state index in [1.165, 1.54) is 0 Å². The van der Waals surface area contributed by atoms with Gasteiger partial charge in [-0.25, -0.2) is 4.52 Å². The number of hydrogen-bond donors (Lipinski definition) is 2. The topological polar surface area (TPSA) is 80.5 Å². The van der Waals surface area contributed by atoms with Gasteiger partial charge in [0, 0.05) is 35.5 Å². The number of rotatable bonds is 7. The van der Waals surface area contributed by atoms with Gasteiger partial charge in [-0.15, -0.1) is 5.10 Å². The van der Waals surface area contributed by atoms with E-state index in [0.717, 1.165) is 16.9 Å². The Kier molecular flexibility index (Phi) is 11.0. The summed E-state index contributed by atoms with van der Waals surface area (Å²) in [4.78, 5) is 16.6. The van der Waals surface area contributed by atoms with Crippen LogP contribution >= 0.6 is 11.6 Å². The summed E-state index contributed by atoms with van der Waals surface area (Å²) in [7, 11) is 1.60. The standard InChI is InChI=1S/C22H20ClN5O2.2C2H6/c1-30-13-12-24-21(29)15-8-10-18(11-9-15)25-22-26-20-7-3-6-19(28(20)27-22)16-4-2-5-17(23)14-16;2*1-2/h2-11,14H,12-13H2,1H3,(H,24,29)(H,25,27);2*1-2H3. The summed E-state index contributed by atoms with van der Waals surface area (Å²) in [5, 5.41) is 11.2. The quantitative estimate of drug-likeness (QED) is 0.306. The molecule has 0 fully saturated rings. The van der Waals surface area contributed by atoms with E-state index >= 15 is 0 Å². The van der Waals surface area contributed by atoms with Crippen LogP contribution in [0.3, 0.4) is 0 Å². The monoisotopic (exact) mass is 481 g/mol. The number of carbonyl (C=O) groups is 1. The van der Waals surface area contributed by atoms with Crippen LogP contribution in [-0.2, 0) is 4.74 Å². The summed E-state index contributed by atoms with van der Waals surface area (Å²) in [6.07, 6.45) is 0. The molecule has 0 unspecified atom stereocenters. The fourth-order valence-corrected chi connectivity index (χ4v) is 3.22. The minimum absolute atomic E-state index is 0.143. The summed E-state index contributed by atoms with van der Waals surface area (Å²) in [5.41, 5.74) is 3.91. The van der Waals surface area contributed by atoms with E-state index in [4.69, 9.17) is 16.3 Å². The molecular weight excluding hydrogens is 450 g/mol. The highest BCUT2D eigenvalue weighted by molar-refractivity contribution is 6.30. The first-order valence-electron chi connectivity index (χ1n) is 11.4. The van der Waals surface area contributed by atoms with Crippen molar-refractivity contribution in [2.75, 3.05) is 25.6 Å². The normalized spacial score (nSPS) is 9.94. The highest BCUT2D eigenvalue weighted by Crippen LogP contribution is 2.24. The van der Waals surface area contributed by atoms with E-state index in [1.807, 2.05) is 82.3 Å². The van der Waals surface area contributed by atoms with Crippen LogP contribution in [0.4, 0.5) is 11.6 Å². The van der Waals surface area contributed by atoms with Gasteiger partial charge in [0.2, 0.25) is 5.95 Å². The van der Waals surface area contributed by atoms with Crippen molar-refractivity contribution >= 4 is 34.8 Å². The molecule has 7 nitrogen and oxygen atoms in total. The Bertz CT molecular complexity index is 1180. The molecule has 0 spiro atoms. The Labute approximate surface area is 206 Å². The minimum Gasteiger partial charge on any atom is -0.383 e. The summed E-state index contributed by atoms with van der Waals surface area (Å²) >= 11 is 6.14. The summed E-state index contributed by atoms with van der Waals surface area (Å²) in [5.74, 6) is 0.317. The lowest BCUT2D eigenvalue weighted by Gasteiger charge is -2.06. The van der Waals surface area contributed by atoms with E-state index in [-0.39, 0.29) is 5.91 Å². The first kappa shape index (κ1) is 26.8. The number of benzene rings is 2. The van der Waals surface area contributed by atoms with Crippen LogP contribution in [0.2, 0.25) is 5.02 Å². The van der Waals surface area contributed by atoms with Crippen molar-refractivity contribution in [3.8, 4) is 11.3 Å². The molecule has 2 heterocycles. The smallest absolute Gasteiger partial charge is 0.251 e. The fourth-order valence-electron chi connectivity index (χ4n) is 3.03. The van der Waals surface area contributed by atoms with Gasteiger partial charge in [-0.1, -0.05) is 57.5 Å². The highest BCUT2D eigenvalue weighted by Gasteiger charge is 2.10. The minimum atomic E-state index is -0.143. The second-order valence-corrected chi connectivity index (χ2v) is 7.01. The molecule has 2 N–H and O–H groups in total. The van der Waals surface area contributed by atoms with Gasteiger partial charge in [-0.05, 0) is 48.5 Å². The number of nitrogens with zero attached hydrogens (tertiary/aromatic N) is 3. The molecule has 1 amide bonds. The summed E-state index contributed by atoms with van der Waals surface area (Å²) < 4.78 is 6.70. The van der Waals surface area contributed by atoms with Gasteiger partial charge in [0.1, 0.15) is 0 Å². The maximum absolute atomic E-state index is 12.1. The van der Waals surface area contributed by atoms with E-state index in [0.29, 0.717) is 35.3 Å². The average Bonchev–Trinajstić information content (AvgIpc) is 3.29. The molecule has 0 aliphatic carbocycles. The van der Waals surface area contributed by atoms with Crippen molar-refractivity contribution in [1.29, 1.82) is 0 Å². The van der Waals surface area contributed by atoms with Gasteiger partial charge in [-0.2, -0.15) is 4.98 Å². The zero-order valence-corrected chi connectivity index (χ0v) is 21.1. The third-order valence-corrected chi connectivity index (χ3v) is 4.71. The molecule has 4 aromatic rings.